The summed E-state index contributed by atoms with van der Waals surface area (Å²) in [5.41, 5.74) is 9.60. The maximum absolute atomic E-state index is 12.2. The second kappa shape index (κ2) is 11.7. The molecule has 0 aliphatic carbocycles. The second-order valence-electron chi connectivity index (χ2n) is 11.6. The van der Waals surface area contributed by atoms with Crippen molar-refractivity contribution in [1.82, 2.24) is 4.57 Å². The molecule has 206 valence electrons. The molecule has 0 aliphatic rings. The summed E-state index contributed by atoms with van der Waals surface area (Å²) >= 11 is 7.91. The van der Waals surface area contributed by atoms with Gasteiger partial charge in [-0.05, 0) is 55.3 Å². The molecule has 1 heterocycles. The van der Waals surface area contributed by atoms with Crippen molar-refractivity contribution in [2.75, 3.05) is 6.61 Å². The minimum Gasteiger partial charge on any atom is -0.492 e. The number of thioether (sulfide) groups is 1. The van der Waals surface area contributed by atoms with E-state index in [1.54, 1.807) is 25.6 Å². The number of carbonyl (C=O) groups is 1. The van der Waals surface area contributed by atoms with E-state index >= 15 is 0 Å². The largest absolute Gasteiger partial charge is 0.492 e. The van der Waals surface area contributed by atoms with Crippen LogP contribution in [0.4, 0.5) is 0 Å². The van der Waals surface area contributed by atoms with Gasteiger partial charge in [-0.25, -0.2) is 0 Å². The maximum Gasteiger partial charge on any atom is 0.309 e. The number of halogens is 1. The highest BCUT2D eigenvalue weighted by molar-refractivity contribution is 8.00. The lowest BCUT2D eigenvalue weighted by molar-refractivity contribution is -0.146. The third kappa shape index (κ3) is 7.18. The van der Waals surface area contributed by atoms with E-state index in [9.17, 15) is 9.90 Å². The van der Waals surface area contributed by atoms with E-state index in [0.29, 0.717) is 24.6 Å². The van der Waals surface area contributed by atoms with E-state index in [1.165, 1.54) is 0 Å². The second-order valence-corrected chi connectivity index (χ2v) is 13.8. The number of ether oxygens (including phenoxy) is 1. The van der Waals surface area contributed by atoms with Gasteiger partial charge in [-0.2, -0.15) is 0 Å². The van der Waals surface area contributed by atoms with Crippen LogP contribution >= 0.6 is 23.4 Å². The number of aromatic nitrogens is 1. The van der Waals surface area contributed by atoms with Gasteiger partial charge in [0, 0.05) is 44.2 Å². The van der Waals surface area contributed by atoms with Crippen molar-refractivity contribution in [2.24, 2.45) is 11.1 Å². The number of hydrogen-bond donors (Lipinski definition) is 2. The lowest BCUT2D eigenvalue weighted by atomic mass is 9.88. The van der Waals surface area contributed by atoms with Crippen LogP contribution in [0, 0.1) is 5.41 Å². The molecule has 1 aromatic heterocycles. The first-order valence-electron chi connectivity index (χ1n) is 13.1. The van der Waals surface area contributed by atoms with Crippen molar-refractivity contribution < 1.29 is 14.6 Å². The lowest BCUT2D eigenvalue weighted by Crippen LogP contribution is -2.28. The Bertz CT molecular complexity index is 1440. The molecule has 3 aromatic carbocycles. The zero-order chi connectivity index (χ0) is 28.4. The normalized spacial score (nSPS) is 13.0. The monoisotopic (exact) mass is 564 g/mol. The van der Waals surface area contributed by atoms with E-state index in [2.05, 4.69) is 37.5 Å². The first-order valence-corrected chi connectivity index (χ1v) is 14.3. The van der Waals surface area contributed by atoms with E-state index in [0.717, 1.165) is 38.4 Å². The van der Waals surface area contributed by atoms with Crippen molar-refractivity contribution in [3.63, 3.8) is 0 Å². The summed E-state index contributed by atoms with van der Waals surface area (Å²) in [6, 6.07) is 23.6. The molecule has 5 nitrogen and oxygen atoms in total. The van der Waals surface area contributed by atoms with Gasteiger partial charge in [-0.3, -0.25) is 4.79 Å². The highest BCUT2D eigenvalue weighted by Crippen LogP contribution is 2.44. The van der Waals surface area contributed by atoms with Crippen LogP contribution in [0.15, 0.2) is 77.7 Å². The molecule has 0 saturated carbocycles. The van der Waals surface area contributed by atoms with Crippen LogP contribution in [0.3, 0.4) is 0 Å². The Morgan fingerprint density at radius 2 is 1.69 bits per heavy atom. The van der Waals surface area contributed by atoms with Crippen molar-refractivity contribution >= 4 is 40.2 Å². The Hall–Kier alpha value is -2.93. The van der Waals surface area contributed by atoms with Crippen LogP contribution < -0.4 is 10.5 Å². The number of rotatable bonds is 10. The minimum atomic E-state index is -0.943. The maximum atomic E-state index is 12.2. The molecule has 0 saturated heterocycles. The van der Waals surface area contributed by atoms with Crippen LogP contribution in [-0.4, -0.2) is 27.0 Å². The summed E-state index contributed by atoms with van der Waals surface area (Å²) in [6.45, 7) is 11.0. The summed E-state index contributed by atoms with van der Waals surface area (Å²) < 4.78 is 8.34. The van der Waals surface area contributed by atoms with Crippen molar-refractivity contribution in [3.05, 3.63) is 94.6 Å². The quantitative estimate of drug-likeness (QED) is 0.191. The van der Waals surface area contributed by atoms with Gasteiger partial charge >= 0.3 is 5.97 Å². The summed E-state index contributed by atoms with van der Waals surface area (Å²) in [7, 11) is 0. The van der Waals surface area contributed by atoms with Gasteiger partial charge in [-0.15, -0.1) is 11.8 Å². The molecule has 0 radical (unpaired) electrons. The van der Waals surface area contributed by atoms with E-state index < -0.39 is 11.4 Å². The molecule has 39 heavy (non-hydrogen) atoms. The Kier molecular flexibility index (Phi) is 8.69. The molecule has 7 heteroatoms. The predicted molar refractivity (Wildman–Crippen MR) is 162 cm³/mol. The lowest BCUT2D eigenvalue weighted by Gasteiger charge is -2.24. The molecule has 0 aliphatic heterocycles. The highest BCUT2D eigenvalue weighted by Gasteiger charge is 2.32. The number of benzene rings is 3. The minimum absolute atomic E-state index is 0.0893. The van der Waals surface area contributed by atoms with Gasteiger partial charge in [0.15, 0.2) is 0 Å². The highest BCUT2D eigenvalue weighted by atomic mass is 35.5. The van der Waals surface area contributed by atoms with Gasteiger partial charge < -0.3 is 20.1 Å². The molecule has 4 rings (SSSR count). The van der Waals surface area contributed by atoms with E-state index in [1.807, 2.05) is 60.7 Å². The zero-order valence-corrected chi connectivity index (χ0v) is 24.8. The number of nitrogens with zero attached hydrogens (tertiary/aromatic N) is 1. The first-order chi connectivity index (χ1) is 18.3. The SMILES string of the molecule is CC(C)(C)Sc1c(CC(C)(C)C(=O)O)n(Cc2ccc(Cl)cc2)c2ccc(OC[C@H](N)c3ccccc3)cc12. The molecule has 3 N–H and O–H groups in total. The summed E-state index contributed by atoms with van der Waals surface area (Å²) in [5.74, 6) is -0.0891. The smallest absolute Gasteiger partial charge is 0.309 e. The molecule has 0 spiro atoms. The van der Waals surface area contributed by atoms with Crippen LogP contribution in [0.1, 0.15) is 57.5 Å². The van der Waals surface area contributed by atoms with E-state index in [-0.39, 0.29) is 10.8 Å². The third-order valence-corrected chi connectivity index (χ3v) is 8.12. The van der Waals surface area contributed by atoms with Gasteiger partial charge in [0.2, 0.25) is 0 Å². The Morgan fingerprint density at radius 1 is 1.03 bits per heavy atom. The molecular formula is C32H37ClN2O3S. The fourth-order valence-electron chi connectivity index (χ4n) is 4.47. The predicted octanol–water partition coefficient (Wildman–Crippen LogP) is 7.97. The van der Waals surface area contributed by atoms with Gasteiger partial charge in [0.1, 0.15) is 12.4 Å². The number of carboxylic acids is 1. The fraction of sp³-hybridized carbons (Fsp3) is 0.344. The fourth-order valence-corrected chi connectivity index (χ4v) is 5.78. The molecule has 0 unspecified atom stereocenters. The van der Waals surface area contributed by atoms with Crippen LogP contribution in [0.25, 0.3) is 10.9 Å². The summed E-state index contributed by atoms with van der Waals surface area (Å²) in [6.07, 6.45) is 0.387. The molecule has 1 atom stereocenters. The summed E-state index contributed by atoms with van der Waals surface area (Å²) in [5, 5.41) is 11.7. The Balaban J connectivity index is 1.81. The standard InChI is InChI=1S/C32H37ClN2O3S/c1-31(2,3)39-29-25-17-24(38-20-26(34)22-9-7-6-8-10-22)15-16-27(25)35(19-21-11-13-23(33)14-12-21)28(29)18-32(4,5)30(36)37/h6-17,26H,18-20,34H2,1-5H3,(H,36,37)/t26-/m0/s1. The Labute approximate surface area is 240 Å². The van der Waals surface area contributed by atoms with Crippen LogP contribution in [0.5, 0.6) is 5.75 Å². The number of carboxylic acid groups (broad SMARTS) is 1. The van der Waals surface area contributed by atoms with Gasteiger partial charge in [0.05, 0.1) is 11.5 Å². The van der Waals surface area contributed by atoms with Crippen LogP contribution in [0.2, 0.25) is 5.02 Å². The molecule has 4 aromatic rings. The zero-order valence-electron chi connectivity index (χ0n) is 23.2. The molecule has 0 amide bonds. The van der Waals surface area contributed by atoms with E-state index in [4.69, 9.17) is 22.1 Å². The molecule has 0 fully saturated rings. The van der Waals surface area contributed by atoms with Gasteiger partial charge in [0.25, 0.3) is 0 Å². The Morgan fingerprint density at radius 3 is 2.31 bits per heavy atom. The topological polar surface area (TPSA) is 77.5 Å². The third-order valence-electron chi connectivity index (χ3n) is 6.60. The number of hydrogen-bond acceptors (Lipinski definition) is 4. The molecule has 0 bridgehead atoms. The number of aliphatic carboxylic acids is 1. The average Bonchev–Trinajstić information content (AvgIpc) is 3.14. The van der Waals surface area contributed by atoms with Gasteiger partial charge in [-0.1, -0.05) is 74.8 Å². The van der Waals surface area contributed by atoms with Crippen molar-refractivity contribution in [2.45, 2.75) is 63.3 Å². The average molecular weight is 565 g/mol. The van der Waals surface area contributed by atoms with Crippen molar-refractivity contribution in [1.29, 1.82) is 0 Å². The van der Waals surface area contributed by atoms with Crippen molar-refractivity contribution in [3.8, 4) is 5.75 Å². The first kappa shape index (κ1) is 29.1. The molecular weight excluding hydrogens is 528 g/mol. The van der Waals surface area contributed by atoms with Crippen LogP contribution in [-0.2, 0) is 17.8 Å². The summed E-state index contributed by atoms with van der Waals surface area (Å²) in [4.78, 5) is 13.3. The number of fused-ring (bicyclic) bond motifs is 1. The number of nitrogens with two attached hydrogens (primary N) is 1.